The Morgan fingerprint density at radius 3 is 1.45 bits per heavy atom. The summed E-state index contributed by atoms with van der Waals surface area (Å²) in [6.07, 6.45) is 3.45. The van der Waals surface area contributed by atoms with Crippen molar-refractivity contribution in [1.29, 1.82) is 0 Å². The zero-order valence-electron chi connectivity index (χ0n) is 22.9. The third-order valence-electron chi connectivity index (χ3n) is 8.21. The van der Waals surface area contributed by atoms with E-state index in [9.17, 15) is 0 Å². The minimum absolute atomic E-state index is 0.612. The first-order valence-electron chi connectivity index (χ1n) is 14.1. The van der Waals surface area contributed by atoms with Gasteiger partial charge in [0.2, 0.25) is 11.3 Å². The summed E-state index contributed by atoms with van der Waals surface area (Å²) in [7, 11) is 0. The van der Waals surface area contributed by atoms with Crippen molar-refractivity contribution in [2.45, 2.75) is 0 Å². The molecule has 10 rings (SSSR count). The molecule has 3 aromatic heterocycles. The van der Waals surface area contributed by atoms with Gasteiger partial charge in [0.1, 0.15) is 12.7 Å². The van der Waals surface area contributed by atoms with Gasteiger partial charge in [-0.05, 0) is 60.7 Å². The molecule has 0 radical (unpaired) electrons. The molecule has 2 aliphatic rings. The van der Waals surface area contributed by atoms with Gasteiger partial charge in [0.05, 0.1) is 45.2 Å². The summed E-state index contributed by atoms with van der Waals surface area (Å²) in [5.74, 6) is 3.08. The lowest BCUT2D eigenvalue weighted by molar-refractivity contribution is 0.477. The summed E-state index contributed by atoms with van der Waals surface area (Å²) >= 11 is 0. The van der Waals surface area contributed by atoms with Gasteiger partial charge in [-0.15, -0.1) is 20.4 Å². The highest BCUT2D eigenvalue weighted by Gasteiger charge is 2.31. The fraction of sp³-hybridized carbons (Fsp3) is 0. The summed E-state index contributed by atoms with van der Waals surface area (Å²) in [6, 6.07) is 36.7. The number of hydrogen-bond donors (Lipinski definition) is 0. The maximum Gasteiger partial charge on any atom is 0.206 e. The standard InChI is InChI=1S/C34H20N8O2/c1-5-13-28-22(9-1)41(23-10-2-6-14-29(23)43-28)21-17-26-32(40-20-36-38-34(40)33-37-35-19-39(26)33)27(18-21)42-24-11-3-7-15-30(24)44-31-16-8-4-12-25(31)42/h1-20H. The van der Waals surface area contributed by atoms with Crippen LogP contribution in [0.25, 0.3) is 22.3 Å². The first-order chi connectivity index (χ1) is 21.8. The van der Waals surface area contributed by atoms with Gasteiger partial charge in [0.15, 0.2) is 23.0 Å². The molecule has 10 heteroatoms. The van der Waals surface area contributed by atoms with Crippen LogP contribution in [0.4, 0.5) is 34.1 Å². The van der Waals surface area contributed by atoms with Crippen molar-refractivity contribution >= 4 is 56.5 Å². The SMILES string of the molecule is c1ccc2c(c1)Oc1ccccc1N2c1cc(N2c3ccccc3Oc3ccccc32)c2c(c1)n1cnnc1c1nncn12. The van der Waals surface area contributed by atoms with E-state index in [-0.39, 0.29) is 0 Å². The molecular formula is C34H20N8O2. The molecule has 0 saturated heterocycles. The summed E-state index contributed by atoms with van der Waals surface area (Å²) in [5.41, 5.74) is 8.53. The number of ether oxygens (including phenoxy) is 2. The van der Waals surface area contributed by atoms with E-state index in [2.05, 4.69) is 66.6 Å². The Labute approximate surface area is 249 Å². The minimum atomic E-state index is 0.612. The molecule has 0 atom stereocenters. The highest BCUT2D eigenvalue weighted by atomic mass is 16.5. The lowest BCUT2D eigenvalue weighted by Gasteiger charge is -2.36. The Hall–Kier alpha value is -6.42. The van der Waals surface area contributed by atoms with Gasteiger partial charge in [0.25, 0.3) is 0 Å². The Balaban J connectivity index is 1.37. The maximum absolute atomic E-state index is 6.39. The van der Waals surface area contributed by atoms with E-state index in [1.165, 1.54) is 0 Å². The number of fused-ring (bicyclic) bond motifs is 10. The van der Waals surface area contributed by atoms with Crippen LogP contribution in [0.5, 0.6) is 23.0 Å². The first kappa shape index (κ1) is 23.2. The van der Waals surface area contributed by atoms with Crippen LogP contribution < -0.4 is 19.3 Å². The molecule has 0 unspecified atom stereocenters. The number of para-hydroxylation sites is 8. The molecule has 10 nitrogen and oxygen atoms in total. The van der Waals surface area contributed by atoms with Crippen molar-refractivity contribution in [2.75, 3.05) is 9.80 Å². The summed E-state index contributed by atoms with van der Waals surface area (Å²) < 4.78 is 16.7. The quantitative estimate of drug-likeness (QED) is 0.206. The molecule has 44 heavy (non-hydrogen) atoms. The fourth-order valence-electron chi connectivity index (χ4n) is 6.38. The third kappa shape index (κ3) is 3.08. The van der Waals surface area contributed by atoms with Gasteiger partial charge in [-0.1, -0.05) is 48.5 Å². The van der Waals surface area contributed by atoms with Crippen LogP contribution in [0.1, 0.15) is 0 Å². The third-order valence-corrected chi connectivity index (χ3v) is 8.21. The van der Waals surface area contributed by atoms with Gasteiger partial charge >= 0.3 is 0 Å². The van der Waals surface area contributed by atoms with E-state index in [0.717, 1.165) is 68.2 Å². The lowest BCUT2D eigenvalue weighted by atomic mass is 10.1. The normalized spacial score (nSPS) is 13.3. The molecule has 0 amide bonds. The average molecular weight is 573 g/mol. The predicted octanol–water partition coefficient (Wildman–Crippen LogP) is 8.08. The molecule has 0 spiro atoms. The fourth-order valence-corrected chi connectivity index (χ4v) is 6.38. The van der Waals surface area contributed by atoms with Crippen LogP contribution in [-0.4, -0.2) is 29.2 Å². The van der Waals surface area contributed by atoms with Crippen molar-refractivity contribution < 1.29 is 9.47 Å². The zero-order valence-corrected chi connectivity index (χ0v) is 22.9. The molecule has 0 saturated carbocycles. The van der Waals surface area contributed by atoms with E-state index in [4.69, 9.17) is 9.47 Å². The molecule has 5 heterocycles. The van der Waals surface area contributed by atoms with Crippen molar-refractivity contribution in [3.8, 4) is 23.0 Å². The van der Waals surface area contributed by atoms with Crippen molar-refractivity contribution in [3.63, 3.8) is 0 Å². The molecule has 0 fully saturated rings. The van der Waals surface area contributed by atoms with E-state index >= 15 is 0 Å². The molecule has 208 valence electrons. The maximum atomic E-state index is 6.39. The van der Waals surface area contributed by atoms with E-state index in [0.29, 0.717) is 11.3 Å². The molecule has 2 aliphatic heterocycles. The second-order valence-electron chi connectivity index (χ2n) is 10.6. The lowest BCUT2D eigenvalue weighted by Crippen LogP contribution is -2.19. The van der Waals surface area contributed by atoms with Crippen LogP contribution in [0.2, 0.25) is 0 Å². The predicted molar refractivity (Wildman–Crippen MR) is 167 cm³/mol. The zero-order chi connectivity index (χ0) is 28.8. The molecule has 0 bridgehead atoms. The Kier molecular flexibility index (Phi) is 4.51. The van der Waals surface area contributed by atoms with Crippen LogP contribution in [0.3, 0.4) is 0 Å². The van der Waals surface area contributed by atoms with Crippen LogP contribution in [0, 0.1) is 0 Å². The van der Waals surface area contributed by atoms with E-state index < -0.39 is 0 Å². The second kappa shape index (κ2) is 8.55. The minimum Gasteiger partial charge on any atom is -0.453 e. The van der Waals surface area contributed by atoms with Crippen molar-refractivity contribution in [2.24, 2.45) is 0 Å². The number of rotatable bonds is 2. The Morgan fingerprint density at radius 2 is 0.909 bits per heavy atom. The first-order valence-corrected chi connectivity index (χ1v) is 14.1. The van der Waals surface area contributed by atoms with Crippen LogP contribution >= 0.6 is 0 Å². The number of aromatic nitrogens is 6. The highest BCUT2D eigenvalue weighted by molar-refractivity contribution is 6.04. The molecule has 5 aromatic carbocycles. The largest absolute Gasteiger partial charge is 0.453 e. The average Bonchev–Trinajstić information content (AvgIpc) is 3.76. The summed E-state index contributed by atoms with van der Waals surface area (Å²) in [6.45, 7) is 0. The number of hydrogen-bond acceptors (Lipinski definition) is 8. The summed E-state index contributed by atoms with van der Waals surface area (Å²) in [4.78, 5) is 4.48. The van der Waals surface area contributed by atoms with Gasteiger partial charge in [-0.2, -0.15) is 0 Å². The Morgan fingerprint density at radius 1 is 0.455 bits per heavy atom. The molecule has 0 aliphatic carbocycles. The summed E-state index contributed by atoms with van der Waals surface area (Å²) in [5, 5.41) is 17.4. The van der Waals surface area contributed by atoms with Gasteiger partial charge in [0, 0.05) is 0 Å². The monoisotopic (exact) mass is 572 g/mol. The van der Waals surface area contributed by atoms with Crippen LogP contribution in [0.15, 0.2) is 122 Å². The molecule has 0 N–H and O–H groups in total. The highest BCUT2D eigenvalue weighted by Crippen LogP contribution is 2.55. The van der Waals surface area contributed by atoms with E-state index in [1.807, 2.05) is 81.6 Å². The van der Waals surface area contributed by atoms with E-state index in [1.54, 1.807) is 12.7 Å². The van der Waals surface area contributed by atoms with Crippen molar-refractivity contribution in [1.82, 2.24) is 29.2 Å². The number of anilines is 6. The Bertz CT molecular complexity index is 2360. The smallest absolute Gasteiger partial charge is 0.206 e. The second-order valence-corrected chi connectivity index (χ2v) is 10.6. The van der Waals surface area contributed by atoms with Crippen LogP contribution in [-0.2, 0) is 0 Å². The van der Waals surface area contributed by atoms with Gasteiger partial charge < -0.3 is 19.3 Å². The van der Waals surface area contributed by atoms with Gasteiger partial charge in [-0.3, -0.25) is 8.80 Å². The molecule has 8 aromatic rings. The number of benzene rings is 5. The number of nitrogens with zero attached hydrogens (tertiary/aromatic N) is 8. The van der Waals surface area contributed by atoms with Gasteiger partial charge in [-0.25, -0.2) is 0 Å². The van der Waals surface area contributed by atoms with Crippen molar-refractivity contribution in [3.05, 3.63) is 122 Å². The topological polar surface area (TPSA) is 85.3 Å². The molecular weight excluding hydrogens is 552 g/mol.